The summed E-state index contributed by atoms with van der Waals surface area (Å²) in [5.74, 6) is 5.05. The van der Waals surface area contributed by atoms with E-state index in [2.05, 4.69) is 37.2 Å². The summed E-state index contributed by atoms with van der Waals surface area (Å²) in [5, 5.41) is 25.1. The summed E-state index contributed by atoms with van der Waals surface area (Å²) in [6, 6.07) is 8.38. The topological polar surface area (TPSA) is 122 Å². The molecule has 1 unspecified atom stereocenters. The fraction of sp³-hybridized carbons (Fsp3) is 0.571. The van der Waals surface area contributed by atoms with Gasteiger partial charge in [-0.2, -0.15) is 0 Å². The third-order valence-electron chi connectivity index (χ3n) is 7.53. The van der Waals surface area contributed by atoms with Crippen LogP contribution in [-0.2, 0) is 4.74 Å². The first-order valence-electron chi connectivity index (χ1n) is 13.8. The highest BCUT2D eigenvalue weighted by Gasteiger charge is 2.27. The normalized spacial score (nSPS) is 18.9. The van der Waals surface area contributed by atoms with E-state index < -0.39 is 6.10 Å². The molecule has 0 radical (unpaired) electrons. The van der Waals surface area contributed by atoms with E-state index in [0.29, 0.717) is 30.8 Å². The van der Waals surface area contributed by atoms with Gasteiger partial charge in [-0.05, 0) is 59.2 Å². The Morgan fingerprint density at radius 2 is 1.87 bits per heavy atom. The Bertz CT molecular complexity index is 1230. The van der Waals surface area contributed by atoms with E-state index in [1.54, 1.807) is 7.05 Å². The first-order valence-corrected chi connectivity index (χ1v) is 13.8. The Kier molecular flexibility index (Phi) is 8.59. The first-order chi connectivity index (χ1) is 18.9. The van der Waals surface area contributed by atoms with Gasteiger partial charge in [-0.15, -0.1) is 10.2 Å². The molecule has 4 heterocycles. The molecular formula is C28H40N8O3. The van der Waals surface area contributed by atoms with Crippen LogP contribution in [0.5, 0.6) is 5.75 Å². The molecule has 11 nitrogen and oxygen atoms in total. The summed E-state index contributed by atoms with van der Waals surface area (Å²) in [4.78, 5) is 12.4. The zero-order valence-corrected chi connectivity index (χ0v) is 23.4. The summed E-state index contributed by atoms with van der Waals surface area (Å²) >= 11 is 0. The lowest BCUT2D eigenvalue weighted by molar-refractivity contribution is 0.108. The van der Waals surface area contributed by atoms with Gasteiger partial charge in [0, 0.05) is 43.4 Å². The highest BCUT2D eigenvalue weighted by Crippen LogP contribution is 2.33. The monoisotopic (exact) mass is 536 g/mol. The van der Waals surface area contributed by atoms with Crippen LogP contribution in [0, 0.1) is 20.8 Å². The molecule has 0 spiro atoms. The molecule has 210 valence electrons. The maximum absolute atomic E-state index is 10.0. The minimum Gasteiger partial charge on any atom is -0.491 e. The van der Waals surface area contributed by atoms with E-state index in [4.69, 9.17) is 19.4 Å². The van der Waals surface area contributed by atoms with Gasteiger partial charge in [-0.3, -0.25) is 0 Å². The molecule has 2 aliphatic rings. The highest BCUT2D eigenvalue weighted by atomic mass is 16.5. The van der Waals surface area contributed by atoms with E-state index in [1.165, 1.54) is 0 Å². The van der Waals surface area contributed by atoms with E-state index in [1.807, 2.05) is 38.1 Å². The quantitative estimate of drug-likeness (QED) is 0.356. The van der Waals surface area contributed by atoms with Crippen LogP contribution < -0.4 is 20.3 Å². The van der Waals surface area contributed by atoms with Crippen LogP contribution in [-0.4, -0.2) is 88.5 Å². The molecule has 1 aromatic carbocycles. The van der Waals surface area contributed by atoms with Crippen molar-refractivity contribution in [3.8, 4) is 17.1 Å². The third kappa shape index (κ3) is 6.32. The number of aryl methyl sites for hydroxylation is 2. The summed E-state index contributed by atoms with van der Waals surface area (Å²) in [6.07, 6.45) is 2.36. The van der Waals surface area contributed by atoms with E-state index >= 15 is 0 Å². The minimum absolute atomic E-state index is 0.207. The molecule has 2 aromatic heterocycles. The number of piperidine rings is 1. The molecule has 2 atom stereocenters. The molecule has 3 aromatic rings. The van der Waals surface area contributed by atoms with Gasteiger partial charge in [0.05, 0.1) is 12.6 Å². The van der Waals surface area contributed by atoms with Gasteiger partial charge >= 0.3 is 0 Å². The first kappa shape index (κ1) is 27.3. The van der Waals surface area contributed by atoms with Crippen molar-refractivity contribution >= 4 is 11.6 Å². The third-order valence-corrected chi connectivity index (χ3v) is 7.53. The Morgan fingerprint density at radius 3 is 2.56 bits per heavy atom. The molecule has 0 amide bonds. The summed E-state index contributed by atoms with van der Waals surface area (Å²) in [7, 11) is 1.80. The van der Waals surface area contributed by atoms with Crippen LogP contribution >= 0.6 is 0 Å². The Labute approximate surface area is 230 Å². The second kappa shape index (κ2) is 12.3. The van der Waals surface area contributed by atoms with Crippen LogP contribution in [0.15, 0.2) is 24.3 Å². The number of anilines is 2. The van der Waals surface area contributed by atoms with Crippen LogP contribution in [0.3, 0.4) is 0 Å². The molecule has 11 heteroatoms. The highest BCUT2D eigenvalue weighted by molar-refractivity contribution is 5.67. The van der Waals surface area contributed by atoms with Crippen molar-refractivity contribution in [3.05, 3.63) is 41.5 Å². The lowest BCUT2D eigenvalue weighted by Gasteiger charge is -2.35. The van der Waals surface area contributed by atoms with Gasteiger partial charge < -0.3 is 34.7 Å². The van der Waals surface area contributed by atoms with Crippen LogP contribution in [0.4, 0.5) is 11.6 Å². The maximum Gasteiger partial charge on any atom is 0.164 e. The van der Waals surface area contributed by atoms with Crippen LogP contribution in [0.1, 0.15) is 42.5 Å². The zero-order valence-electron chi connectivity index (χ0n) is 23.4. The van der Waals surface area contributed by atoms with Gasteiger partial charge in [-0.1, -0.05) is 12.1 Å². The number of aliphatic hydroxyl groups is 1. The number of aliphatic hydroxyl groups excluding tert-OH is 1. The molecule has 2 aliphatic heterocycles. The number of nitrogens with zero attached hydrogens (tertiary/aromatic N) is 6. The lowest BCUT2D eigenvalue weighted by atomic mass is 10.0. The maximum atomic E-state index is 10.0. The predicted octanol–water partition coefficient (Wildman–Crippen LogP) is 2.66. The number of hydrogen-bond donors (Lipinski definition) is 3. The van der Waals surface area contributed by atoms with Crippen molar-refractivity contribution in [2.45, 2.75) is 58.2 Å². The average molecular weight is 537 g/mol. The second-order valence-electron chi connectivity index (χ2n) is 10.5. The molecule has 2 saturated heterocycles. The molecule has 3 N–H and O–H groups in total. The number of nitrogens with one attached hydrogen (secondary N) is 2. The van der Waals surface area contributed by atoms with Gasteiger partial charge in [0.15, 0.2) is 5.82 Å². The number of benzene rings is 1. The second-order valence-corrected chi connectivity index (χ2v) is 10.5. The molecular weight excluding hydrogens is 496 g/mol. The van der Waals surface area contributed by atoms with E-state index in [-0.39, 0.29) is 12.6 Å². The summed E-state index contributed by atoms with van der Waals surface area (Å²) < 4.78 is 13.7. The standard InChI is InChI=1S/C28H40N8O3/c1-18-26(30-22-10-13-38-16-22)31-27(21-6-5-7-25(14-21)39-17-24(37)15-29-4)32-28(18)35-11-8-23(9-12-35)36-19(2)33-34-20(36)3/h5-7,14,22-24,29,37H,8-13,15-17H2,1-4H3,(H,30,31,32)/t22-,24?/m1/s1. The molecule has 0 aliphatic carbocycles. The number of aromatic nitrogens is 5. The molecule has 0 saturated carbocycles. The van der Waals surface area contributed by atoms with E-state index in [0.717, 1.165) is 73.4 Å². The van der Waals surface area contributed by atoms with Crippen molar-refractivity contribution in [2.75, 3.05) is 56.7 Å². The number of likely N-dealkylation sites (N-methyl/N-ethyl adjacent to an activating group) is 1. The van der Waals surface area contributed by atoms with Gasteiger partial charge in [0.1, 0.15) is 41.7 Å². The van der Waals surface area contributed by atoms with Crippen molar-refractivity contribution in [2.24, 2.45) is 0 Å². The SMILES string of the molecule is CNCC(O)COc1cccc(-c2nc(N[C@@H]3CCOC3)c(C)c(N3CCC(n4c(C)nnc4C)CC3)n2)c1. The molecule has 0 bridgehead atoms. The lowest BCUT2D eigenvalue weighted by Crippen LogP contribution is -2.36. The zero-order chi connectivity index (χ0) is 27.4. The number of rotatable bonds is 10. The molecule has 39 heavy (non-hydrogen) atoms. The van der Waals surface area contributed by atoms with Crippen molar-refractivity contribution < 1.29 is 14.6 Å². The Hall–Kier alpha value is -3.28. The summed E-state index contributed by atoms with van der Waals surface area (Å²) in [5.41, 5.74) is 1.91. The van der Waals surface area contributed by atoms with Gasteiger partial charge in [0.25, 0.3) is 0 Å². The Balaban J connectivity index is 1.41. The minimum atomic E-state index is -0.584. The number of hydrogen-bond acceptors (Lipinski definition) is 10. The predicted molar refractivity (Wildman–Crippen MR) is 150 cm³/mol. The number of ether oxygens (including phenoxy) is 2. The molecule has 2 fully saturated rings. The smallest absolute Gasteiger partial charge is 0.164 e. The fourth-order valence-corrected chi connectivity index (χ4v) is 5.48. The van der Waals surface area contributed by atoms with Crippen molar-refractivity contribution in [1.29, 1.82) is 0 Å². The molecule has 5 rings (SSSR count). The van der Waals surface area contributed by atoms with Crippen molar-refractivity contribution in [3.63, 3.8) is 0 Å². The van der Waals surface area contributed by atoms with Crippen LogP contribution in [0.25, 0.3) is 11.4 Å². The largest absolute Gasteiger partial charge is 0.491 e. The van der Waals surface area contributed by atoms with Crippen LogP contribution in [0.2, 0.25) is 0 Å². The van der Waals surface area contributed by atoms with Gasteiger partial charge in [0.2, 0.25) is 0 Å². The van der Waals surface area contributed by atoms with E-state index in [9.17, 15) is 5.11 Å². The fourth-order valence-electron chi connectivity index (χ4n) is 5.48. The van der Waals surface area contributed by atoms with Gasteiger partial charge in [-0.25, -0.2) is 9.97 Å². The summed E-state index contributed by atoms with van der Waals surface area (Å²) in [6.45, 7) is 10.0. The Morgan fingerprint density at radius 1 is 1.10 bits per heavy atom. The van der Waals surface area contributed by atoms with Crippen molar-refractivity contribution in [1.82, 2.24) is 30.0 Å². The average Bonchev–Trinajstić information content (AvgIpc) is 3.58.